The fraction of sp³-hybridized carbons (Fsp3) is 0.304. The number of hydrogen-bond acceptors (Lipinski definition) is 5. The van der Waals surface area contributed by atoms with Crippen LogP contribution >= 0.6 is 0 Å². The van der Waals surface area contributed by atoms with Gasteiger partial charge in [-0.05, 0) is 36.1 Å². The maximum atomic E-state index is 12.6. The fourth-order valence-electron chi connectivity index (χ4n) is 3.05. The van der Waals surface area contributed by atoms with Gasteiger partial charge in [-0.2, -0.15) is 5.10 Å². The third kappa shape index (κ3) is 4.56. The minimum atomic E-state index is -0.758. The molecule has 1 heterocycles. The summed E-state index contributed by atoms with van der Waals surface area (Å²) < 4.78 is 6.36. The van der Waals surface area contributed by atoms with Crippen LogP contribution in [0, 0.1) is 0 Å². The lowest BCUT2D eigenvalue weighted by atomic mass is 9.87. The Kier molecular flexibility index (Phi) is 6.01. The van der Waals surface area contributed by atoms with Crippen molar-refractivity contribution in [3.8, 4) is 0 Å². The zero-order valence-electron chi connectivity index (χ0n) is 17.6. The van der Waals surface area contributed by atoms with E-state index in [2.05, 4.69) is 31.2 Å². The Morgan fingerprint density at radius 2 is 1.67 bits per heavy atom. The number of ether oxygens (including phenoxy) is 1. The number of nitrogens with zero attached hydrogens (tertiary/aromatic N) is 2. The molecular weight excluding hydrogens is 382 g/mol. The summed E-state index contributed by atoms with van der Waals surface area (Å²) in [4.78, 5) is 37.2. The Bertz CT molecular complexity index is 1140. The van der Waals surface area contributed by atoms with Crippen LogP contribution in [-0.4, -0.2) is 28.3 Å². The number of fused-ring (bicyclic) bond motifs is 1. The zero-order valence-corrected chi connectivity index (χ0v) is 17.6. The van der Waals surface area contributed by atoms with Gasteiger partial charge in [0.05, 0.1) is 5.39 Å². The molecule has 7 heteroatoms. The number of hydrogen-bond donors (Lipinski definition) is 1. The number of anilines is 1. The monoisotopic (exact) mass is 407 g/mol. The molecule has 0 saturated heterocycles. The molecule has 30 heavy (non-hydrogen) atoms. The Hall–Kier alpha value is -3.48. The van der Waals surface area contributed by atoms with Gasteiger partial charge in [0, 0.05) is 17.6 Å². The van der Waals surface area contributed by atoms with Gasteiger partial charge in [0.25, 0.3) is 11.5 Å². The van der Waals surface area contributed by atoms with Crippen LogP contribution in [0.3, 0.4) is 0 Å². The minimum absolute atomic E-state index is 0.00869. The van der Waals surface area contributed by atoms with Crippen LogP contribution in [0.25, 0.3) is 10.8 Å². The quantitative estimate of drug-likeness (QED) is 0.654. The van der Waals surface area contributed by atoms with Crippen LogP contribution in [0.15, 0.2) is 53.3 Å². The molecule has 0 spiro atoms. The van der Waals surface area contributed by atoms with Gasteiger partial charge in [-0.1, -0.05) is 51.1 Å². The average molecular weight is 407 g/mol. The van der Waals surface area contributed by atoms with Gasteiger partial charge >= 0.3 is 5.97 Å². The lowest BCUT2D eigenvalue weighted by Gasteiger charge is -2.19. The lowest BCUT2D eigenvalue weighted by molar-refractivity contribution is -0.119. The number of carbonyl (C=O) groups is 2. The molecule has 1 N–H and O–H groups in total. The van der Waals surface area contributed by atoms with Crippen LogP contribution in [0.5, 0.6) is 0 Å². The third-order valence-corrected chi connectivity index (χ3v) is 4.73. The first kappa shape index (κ1) is 21.2. The number of aryl methyl sites for hydroxylation is 1. The lowest BCUT2D eigenvalue weighted by Crippen LogP contribution is -2.27. The highest BCUT2D eigenvalue weighted by molar-refractivity contribution is 6.03. The van der Waals surface area contributed by atoms with Gasteiger partial charge in [0.1, 0.15) is 0 Å². The van der Waals surface area contributed by atoms with E-state index >= 15 is 0 Å². The Labute approximate surface area is 174 Å². The van der Waals surface area contributed by atoms with Gasteiger partial charge in [0.2, 0.25) is 0 Å². The maximum absolute atomic E-state index is 12.6. The SMILES string of the molecule is CCn1nc(C(=O)OCC(=O)Nc2ccc(C(C)(C)C)cc2)c2ccccc2c1=O. The normalized spacial score (nSPS) is 11.3. The number of aromatic nitrogens is 2. The second-order valence-corrected chi connectivity index (χ2v) is 7.97. The summed E-state index contributed by atoms with van der Waals surface area (Å²) in [6.45, 7) is 7.95. The summed E-state index contributed by atoms with van der Waals surface area (Å²) >= 11 is 0. The second kappa shape index (κ2) is 8.49. The maximum Gasteiger partial charge on any atom is 0.359 e. The molecule has 1 aromatic heterocycles. The number of amides is 1. The molecule has 0 atom stereocenters. The van der Waals surface area contributed by atoms with Crippen molar-refractivity contribution in [3.05, 3.63) is 70.1 Å². The Balaban J connectivity index is 1.71. The smallest absolute Gasteiger partial charge is 0.359 e. The largest absolute Gasteiger partial charge is 0.451 e. The molecule has 0 saturated carbocycles. The number of esters is 1. The van der Waals surface area contributed by atoms with Crippen molar-refractivity contribution < 1.29 is 14.3 Å². The number of nitrogens with one attached hydrogen (secondary N) is 1. The molecule has 0 aliphatic rings. The van der Waals surface area contributed by atoms with Crippen molar-refractivity contribution >= 4 is 28.3 Å². The second-order valence-electron chi connectivity index (χ2n) is 7.97. The number of benzene rings is 2. The molecule has 3 aromatic rings. The van der Waals surface area contributed by atoms with Crippen LogP contribution in [0.2, 0.25) is 0 Å². The average Bonchev–Trinajstić information content (AvgIpc) is 2.72. The highest BCUT2D eigenvalue weighted by atomic mass is 16.5. The molecule has 0 unspecified atom stereocenters. The molecule has 0 aliphatic heterocycles. The molecule has 2 aromatic carbocycles. The molecule has 0 aliphatic carbocycles. The first-order valence-corrected chi connectivity index (χ1v) is 9.78. The van der Waals surface area contributed by atoms with Crippen molar-refractivity contribution in [2.75, 3.05) is 11.9 Å². The van der Waals surface area contributed by atoms with Crippen LogP contribution in [0.4, 0.5) is 5.69 Å². The van der Waals surface area contributed by atoms with Crippen molar-refractivity contribution in [2.45, 2.75) is 39.7 Å². The predicted molar refractivity (Wildman–Crippen MR) is 116 cm³/mol. The van der Waals surface area contributed by atoms with E-state index in [4.69, 9.17) is 4.74 Å². The topological polar surface area (TPSA) is 90.3 Å². The summed E-state index contributed by atoms with van der Waals surface area (Å²) in [6, 6.07) is 14.2. The molecule has 1 amide bonds. The van der Waals surface area contributed by atoms with Crippen molar-refractivity contribution in [3.63, 3.8) is 0 Å². The van der Waals surface area contributed by atoms with E-state index < -0.39 is 18.5 Å². The van der Waals surface area contributed by atoms with Crippen LogP contribution in [0.1, 0.15) is 43.7 Å². The summed E-state index contributed by atoms with van der Waals surface area (Å²) in [5.41, 5.74) is 1.52. The molecule has 0 radical (unpaired) electrons. The van der Waals surface area contributed by atoms with E-state index in [9.17, 15) is 14.4 Å². The first-order valence-electron chi connectivity index (χ1n) is 9.78. The van der Waals surface area contributed by atoms with E-state index in [1.54, 1.807) is 31.2 Å². The minimum Gasteiger partial charge on any atom is -0.451 e. The van der Waals surface area contributed by atoms with Crippen molar-refractivity contribution in [1.82, 2.24) is 9.78 Å². The summed E-state index contributed by atoms with van der Waals surface area (Å²) in [5.74, 6) is -1.22. The van der Waals surface area contributed by atoms with E-state index in [1.165, 1.54) is 4.68 Å². The molecule has 7 nitrogen and oxygen atoms in total. The molecule has 3 rings (SSSR count). The van der Waals surface area contributed by atoms with E-state index in [0.29, 0.717) is 23.0 Å². The first-order chi connectivity index (χ1) is 14.2. The van der Waals surface area contributed by atoms with Crippen LogP contribution in [-0.2, 0) is 21.5 Å². The highest BCUT2D eigenvalue weighted by Crippen LogP contribution is 2.23. The number of rotatable bonds is 5. The molecule has 0 fully saturated rings. The third-order valence-electron chi connectivity index (χ3n) is 4.73. The summed E-state index contributed by atoms with van der Waals surface area (Å²) in [5, 5.41) is 7.59. The Morgan fingerprint density at radius 1 is 1.03 bits per heavy atom. The van der Waals surface area contributed by atoms with E-state index in [0.717, 1.165) is 5.56 Å². The molecule has 156 valence electrons. The standard InChI is InChI=1S/C23H25N3O4/c1-5-26-21(28)18-9-7-6-8-17(18)20(25-26)22(29)30-14-19(27)24-16-12-10-15(11-13-16)23(2,3)4/h6-13H,5,14H2,1-4H3,(H,24,27). The highest BCUT2D eigenvalue weighted by Gasteiger charge is 2.19. The van der Waals surface area contributed by atoms with Crippen molar-refractivity contribution in [2.24, 2.45) is 0 Å². The van der Waals surface area contributed by atoms with E-state index in [1.807, 2.05) is 24.3 Å². The van der Waals surface area contributed by atoms with Crippen LogP contribution < -0.4 is 10.9 Å². The predicted octanol–water partition coefficient (Wildman–Crippen LogP) is 3.51. The summed E-state index contributed by atoms with van der Waals surface area (Å²) in [7, 11) is 0. The fourth-order valence-corrected chi connectivity index (χ4v) is 3.05. The zero-order chi connectivity index (χ0) is 21.9. The van der Waals surface area contributed by atoms with Gasteiger partial charge in [0.15, 0.2) is 12.3 Å². The molecule has 0 bridgehead atoms. The van der Waals surface area contributed by atoms with Gasteiger partial charge < -0.3 is 10.1 Å². The van der Waals surface area contributed by atoms with E-state index in [-0.39, 0.29) is 16.7 Å². The Morgan fingerprint density at radius 3 is 2.27 bits per heavy atom. The summed E-state index contributed by atoms with van der Waals surface area (Å²) in [6.07, 6.45) is 0. The van der Waals surface area contributed by atoms with Gasteiger partial charge in [-0.3, -0.25) is 9.59 Å². The van der Waals surface area contributed by atoms with Gasteiger partial charge in [-0.25, -0.2) is 9.48 Å². The van der Waals surface area contributed by atoms with Gasteiger partial charge in [-0.15, -0.1) is 0 Å². The molecular formula is C23H25N3O4. The van der Waals surface area contributed by atoms with Crippen molar-refractivity contribution in [1.29, 1.82) is 0 Å². The number of carbonyl (C=O) groups excluding carboxylic acids is 2.